The van der Waals surface area contributed by atoms with Crippen LogP contribution < -0.4 is 20.3 Å². The van der Waals surface area contributed by atoms with E-state index in [9.17, 15) is 18.4 Å². The van der Waals surface area contributed by atoms with Gasteiger partial charge in [-0.2, -0.15) is 8.78 Å². The SMILES string of the molecule is Cc1cc(OC(F)F)c(C(=O)Nc2ccc(N3CCNC(=O)C3)nc2)s1. The normalized spacial score (nSPS) is 14.3. The molecule has 3 heterocycles. The number of rotatable bonds is 5. The number of hydrogen-bond donors (Lipinski definition) is 2. The van der Waals surface area contributed by atoms with Crippen molar-refractivity contribution in [2.24, 2.45) is 0 Å². The highest BCUT2D eigenvalue weighted by atomic mass is 32.1. The van der Waals surface area contributed by atoms with Crippen molar-refractivity contribution < 1.29 is 23.1 Å². The first-order valence-corrected chi connectivity index (χ1v) is 8.58. The lowest BCUT2D eigenvalue weighted by atomic mass is 10.3. The number of aryl methyl sites for hydroxylation is 1. The number of carbonyl (C=O) groups excluding carboxylic acids is 2. The van der Waals surface area contributed by atoms with Crippen molar-refractivity contribution in [3.05, 3.63) is 34.2 Å². The summed E-state index contributed by atoms with van der Waals surface area (Å²) >= 11 is 1.07. The second-order valence-corrected chi connectivity index (χ2v) is 6.82. The van der Waals surface area contributed by atoms with E-state index in [-0.39, 0.29) is 23.1 Å². The third-order valence-electron chi connectivity index (χ3n) is 3.61. The molecule has 2 aromatic heterocycles. The van der Waals surface area contributed by atoms with Gasteiger partial charge in [0.05, 0.1) is 18.4 Å². The highest BCUT2D eigenvalue weighted by Gasteiger charge is 2.20. The van der Waals surface area contributed by atoms with Crippen LogP contribution in [0.3, 0.4) is 0 Å². The Hall–Kier alpha value is -2.75. The number of alkyl halides is 2. The third-order valence-corrected chi connectivity index (χ3v) is 4.64. The van der Waals surface area contributed by atoms with Gasteiger partial charge >= 0.3 is 6.61 Å². The molecule has 1 fully saturated rings. The van der Waals surface area contributed by atoms with Crippen molar-refractivity contribution in [3.8, 4) is 5.75 Å². The Balaban J connectivity index is 1.69. The number of amides is 2. The molecule has 1 saturated heterocycles. The van der Waals surface area contributed by atoms with Crippen molar-refractivity contribution >= 4 is 34.7 Å². The fourth-order valence-electron chi connectivity index (χ4n) is 2.50. The van der Waals surface area contributed by atoms with Crippen LogP contribution in [0.4, 0.5) is 20.3 Å². The molecule has 0 atom stereocenters. The monoisotopic (exact) mass is 382 g/mol. The van der Waals surface area contributed by atoms with Crippen molar-refractivity contribution in [1.29, 1.82) is 0 Å². The molecular weight excluding hydrogens is 366 g/mol. The van der Waals surface area contributed by atoms with Gasteiger partial charge in [0.25, 0.3) is 5.91 Å². The van der Waals surface area contributed by atoms with Gasteiger partial charge in [-0.25, -0.2) is 4.98 Å². The first-order chi connectivity index (χ1) is 12.4. The van der Waals surface area contributed by atoms with Gasteiger partial charge in [0.2, 0.25) is 5.91 Å². The molecule has 0 unspecified atom stereocenters. The van der Waals surface area contributed by atoms with Crippen LogP contribution >= 0.6 is 11.3 Å². The highest BCUT2D eigenvalue weighted by Crippen LogP contribution is 2.31. The zero-order chi connectivity index (χ0) is 18.7. The Bertz CT molecular complexity index is 810. The molecule has 0 spiro atoms. The minimum Gasteiger partial charge on any atom is -0.433 e. The van der Waals surface area contributed by atoms with Crippen LogP contribution in [0.1, 0.15) is 14.5 Å². The minimum absolute atomic E-state index is 0.0691. The predicted molar refractivity (Wildman–Crippen MR) is 93.1 cm³/mol. The zero-order valence-electron chi connectivity index (χ0n) is 13.8. The molecule has 138 valence electrons. The fourth-order valence-corrected chi connectivity index (χ4v) is 3.34. The Morgan fingerprint density at radius 3 is 2.92 bits per heavy atom. The number of nitrogens with zero attached hydrogens (tertiary/aromatic N) is 2. The summed E-state index contributed by atoms with van der Waals surface area (Å²) in [6.07, 6.45) is 1.45. The highest BCUT2D eigenvalue weighted by molar-refractivity contribution is 7.14. The van der Waals surface area contributed by atoms with Crippen LogP contribution in [0, 0.1) is 6.92 Å². The van der Waals surface area contributed by atoms with Gasteiger partial charge in [-0.3, -0.25) is 9.59 Å². The number of aromatic nitrogens is 1. The van der Waals surface area contributed by atoms with Crippen LogP contribution in [0.5, 0.6) is 5.75 Å². The summed E-state index contributed by atoms with van der Waals surface area (Å²) in [4.78, 5) is 30.6. The molecule has 0 saturated carbocycles. The van der Waals surface area contributed by atoms with Gasteiger partial charge in [0, 0.05) is 18.0 Å². The molecule has 2 N–H and O–H groups in total. The van der Waals surface area contributed by atoms with Crippen LogP contribution in [0.25, 0.3) is 0 Å². The van der Waals surface area contributed by atoms with Gasteiger partial charge < -0.3 is 20.3 Å². The largest absolute Gasteiger partial charge is 0.433 e. The van der Waals surface area contributed by atoms with E-state index in [1.807, 2.05) is 4.90 Å². The Labute approximate surface area is 152 Å². The van der Waals surface area contributed by atoms with Gasteiger partial charge in [-0.1, -0.05) is 0 Å². The molecule has 0 radical (unpaired) electrons. The summed E-state index contributed by atoms with van der Waals surface area (Å²) < 4.78 is 29.3. The Kier molecular flexibility index (Phi) is 5.31. The van der Waals surface area contributed by atoms with E-state index in [1.165, 1.54) is 12.3 Å². The summed E-state index contributed by atoms with van der Waals surface area (Å²) in [6.45, 7) is 0.113. The number of halogens is 2. The number of pyridine rings is 1. The molecule has 2 amide bonds. The van der Waals surface area contributed by atoms with E-state index in [4.69, 9.17) is 0 Å². The average molecular weight is 382 g/mol. The molecule has 26 heavy (non-hydrogen) atoms. The van der Waals surface area contributed by atoms with E-state index in [2.05, 4.69) is 20.4 Å². The maximum Gasteiger partial charge on any atom is 0.387 e. The summed E-state index contributed by atoms with van der Waals surface area (Å²) in [5.41, 5.74) is 0.411. The van der Waals surface area contributed by atoms with Gasteiger partial charge in [0.1, 0.15) is 16.4 Å². The van der Waals surface area contributed by atoms with Gasteiger partial charge in [-0.15, -0.1) is 11.3 Å². The molecule has 0 bridgehead atoms. The van der Waals surface area contributed by atoms with Gasteiger partial charge in [0.15, 0.2) is 0 Å². The predicted octanol–water partition coefficient (Wildman–Crippen LogP) is 2.24. The number of thiophene rings is 1. The molecule has 10 heteroatoms. The summed E-state index contributed by atoms with van der Waals surface area (Å²) in [7, 11) is 0. The average Bonchev–Trinajstić information content (AvgIpc) is 2.95. The maximum atomic E-state index is 12.5. The molecule has 2 aromatic rings. The van der Waals surface area contributed by atoms with Crippen LogP contribution in [0.2, 0.25) is 0 Å². The molecule has 7 nitrogen and oxygen atoms in total. The Morgan fingerprint density at radius 1 is 1.46 bits per heavy atom. The number of hydrogen-bond acceptors (Lipinski definition) is 6. The number of ether oxygens (including phenoxy) is 1. The van der Waals surface area contributed by atoms with E-state index in [0.717, 1.165) is 11.3 Å². The summed E-state index contributed by atoms with van der Waals surface area (Å²) in [6, 6.07) is 4.72. The molecule has 1 aliphatic heterocycles. The quantitative estimate of drug-likeness (QED) is 0.829. The summed E-state index contributed by atoms with van der Waals surface area (Å²) in [5, 5.41) is 5.34. The Morgan fingerprint density at radius 2 is 2.27 bits per heavy atom. The van der Waals surface area contributed by atoms with Crippen molar-refractivity contribution in [1.82, 2.24) is 10.3 Å². The fraction of sp³-hybridized carbons (Fsp3) is 0.312. The first kappa shape index (κ1) is 18.1. The van der Waals surface area contributed by atoms with Crippen LogP contribution in [-0.4, -0.2) is 43.0 Å². The summed E-state index contributed by atoms with van der Waals surface area (Å²) in [5.74, 6) is -0.156. The van der Waals surface area contributed by atoms with Crippen LogP contribution in [-0.2, 0) is 4.79 Å². The second-order valence-electron chi connectivity index (χ2n) is 5.56. The molecular formula is C16H16F2N4O3S. The van der Waals surface area contributed by atoms with Crippen LogP contribution in [0.15, 0.2) is 24.4 Å². The molecule has 0 aliphatic carbocycles. The number of piperazine rings is 1. The number of anilines is 2. The maximum absolute atomic E-state index is 12.5. The van der Waals surface area contributed by atoms with Crippen molar-refractivity contribution in [2.75, 3.05) is 29.9 Å². The third kappa shape index (κ3) is 4.26. The van der Waals surface area contributed by atoms with E-state index in [1.54, 1.807) is 19.1 Å². The molecule has 0 aromatic carbocycles. The van der Waals surface area contributed by atoms with E-state index in [0.29, 0.717) is 29.5 Å². The number of nitrogens with one attached hydrogen (secondary N) is 2. The second kappa shape index (κ2) is 7.65. The van der Waals surface area contributed by atoms with Gasteiger partial charge in [-0.05, 0) is 25.1 Å². The molecule has 1 aliphatic rings. The molecule has 3 rings (SSSR count). The first-order valence-electron chi connectivity index (χ1n) is 7.76. The van der Waals surface area contributed by atoms with E-state index >= 15 is 0 Å². The zero-order valence-corrected chi connectivity index (χ0v) is 14.6. The lowest BCUT2D eigenvalue weighted by Gasteiger charge is -2.27. The topological polar surface area (TPSA) is 83.6 Å². The van der Waals surface area contributed by atoms with Crippen molar-refractivity contribution in [2.45, 2.75) is 13.5 Å². The standard InChI is InChI=1S/C16H16F2N4O3S/c1-9-6-11(25-16(17)18)14(26-9)15(24)21-10-2-3-12(20-7-10)22-5-4-19-13(23)8-22/h2-3,6-7,16H,4-5,8H2,1H3,(H,19,23)(H,21,24). The van der Waals surface area contributed by atoms with E-state index < -0.39 is 12.5 Å². The minimum atomic E-state index is -3.00. The van der Waals surface area contributed by atoms with Crippen molar-refractivity contribution in [3.63, 3.8) is 0 Å². The lowest BCUT2D eigenvalue weighted by molar-refractivity contribution is -0.120. The smallest absolute Gasteiger partial charge is 0.387 e. The lowest BCUT2D eigenvalue weighted by Crippen LogP contribution is -2.48. The number of carbonyl (C=O) groups is 2.